The molecule has 8 nitrogen and oxygen atoms in total. The Morgan fingerprint density at radius 1 is 1.29 bits per heavy atom. The van der Waals surface area contributed by atoms with Gasteiger partial charge in [-0.05, 0) is 24.3 Å². The number of carbonyl (C=O) groups excluding carboxylic acids is 2. The van der Waals surface area contributed by atoms with Crippen molar-refractivity contribution in [1.82, 2.24) is 9.88 Å². The number of hydrogen-bond donors (Lipinski definition) is 2. The van der Waals surface area contributed by atoms with E-state index in [0.29, 0.717) is 11.3 Å². The first kappa shape index (κ1) is 17.4. The van der Waals surface area contributed by atoms with Crippen molar-refractivity contribution >= 4 is 34.3 Å². The molecule has 24 heavy (non-hydrogen) atoms. The number of benzene rings is 1. The molecule has 0 saturated heterocycles. The molecular weight excluding hydrogens is 334 g/mol. The number of carbonyl (C=O) groups is 3. The highest BCUT2D eigenvalue weighted by Crippen LogP contribution is 2.18. The molecule has 0 aliphatic rings. The molecule has 0 saturated carbocycles. The number of likely N-dealkylation sites (N-methyl/N-ethyl adjacent to an activating group) is 1. The van der Waals surface area contributed by atoms with E-state index >= 15 is 0 Å². The lowest BCUT2D eigenvalue weighted by Gasteiger charge is -2.12. The minimum Gasteiger partial charge on any atom is -0.497 e. The molecule has 2 rings (SSSR count). The zero-order valence-electron chi connectivity index (χ0n) is 13.0. The van der Waals surface area contributed by atoms with Gasteiger partial charge in [-0.3, -0.25) is 19.7 Å². The van der Waals surface area contributed by atoms with Gasteiger partial charge in [-0.2, -0.15) is 0 Å². The second kappa shape index (κ2) is 7.55. The van der Waals surface area contributed by atoms with Gasteiger partial charge >= 0.3 is 5.97 Å². The number of carboxylic acid groups (broad SMARTS) is 1. The Bertz CT molecular complexity index is 757. The van der Waals surface area contributed by atoms with E-state index in [1.807, 2.05) is 0 Å². The summed E-state index contributed by atoms with van der Waals surface area (Å²) in [5, 5.41) is 13.0. The summed E-state index contributed by atoms with van der Waals surface area (Å²) in [5.74, 6) is -1.38. The number of nitrogens with one attached hydrogen (secondary N) is 1. The first-order valence-corrected chi connectivity index (χ1v) is 7.67. The smallest absolute Gasteiger partial charge is 0.323 e. The lowest BCUT2D eigenvalue weighted by atomic mass is 10.2. The van der Waals surface area contributed by atoms with Crippen molar-refractivity contribution in [1.29, 1.82) is 0 Å². The number of ether oxygens (including phenoxy) is 1. The van der Waals surface area contributed by atoms with E-state index in [4.69, 9.17) is 9.84 Å². The first-order chi connectivity index (χ1) is 11.4. The highest BCUT2D eigenvalue weighted by molar-refractivity contribution is 7.14. The van der Waals surface area contributed by atoms with Gasteiger partial charge in [0.15, 0.2) is 5.13 Å². The SMILES string of the molecule is COc1ccc(C(=O)Nc2nc(C(=O)N(C)CC(=O)O)cs2)cc1. The van der Waals surface area contributed by atoms with Crippen LogP contribution in [0.3, 0.4) is 0 Å². The molecule has 2 N–H and O–H groups in total. The second-order valence-electron chi connectivity index (χ2n) is 4.78. The average Bonchev–Trinajstić information content (AvgIpc) is 3.01. The average molecular weight is 349 g/mol. The number of hydrogen-bond acceptors (Lipinski definition) is 6. The first-order valence-electron chi connectivity index (χ1n) is 6.79. The summed E-state index contributed by atoms with van der Waals surface area (Å²) in [5.41, 5.74) is 0.496. The highest BCUT2D eigenvalue weighted by atomic mass is 32.1. The van der Waals surface area contributed by atoms with E-state index in [1.165, 1.54) is 19.5 Å². The molecule has 0 aliphatic carbocycles. The molecule has 0 unspecified atom stereocenters. The Kier molecular flexibility index (Phi) is 5.48. The van der Waals surface area contributed by atoms with Crippen molar-refractivity contribution < 1.29 is 24.2 Å². The van der Waals surface area contributed by atoms with Gasteiger partial charge in [0.25, 0.3) is 11.8 Å². The number of rotatable bonds is 6. The van der Waals surface area contributed by atoms with Crippen LogP contribution < -0.4 is 10.1 Å². The molecule has 1 aromatic carbocycles. The maximum atomic E-state index is 12.1. The van der Waals surface area contributed by atoms with E-state index in [0.717, 1.165) is 16.2 Å². The Hall–Kier alpha value is -2.94. The van der Waals surface area contributed by atoms with Crippen LogP contribution in [0.1, 0.15) is 20.8 Å². The van der Waals surface area contributed by atoms with Crippen LogP contribution >= 0.6 is 11.3 Å². The third kappa shape index (κ3) is 4.29. The number of anilines is 1. The number of aliphatic carboxylic acids is 1. The third-order valence-corrected chi connectivity index (χ3v) is 3.77. The summed E-state index contributed by atoms with van der Waals surface area (Å²) in [6.45, 7) is -0.427. The van der Waals surface area contributed by atoms with Crippen LogP contribution in [-0.2, 0) is 4.79 Å². The van der Waals surface area contributed by atoms with E-state index in [-0.39, 0.29) is 16.7 Å². The minimum absolute atomic E-state index is 0.0776. The predicted octanol–water partition coefficient (Wildman–Crippen LogP) is 1.56. The van der Waals surface area contributed by atoms with Gasteiger partial charge < -0.3 is 14.7 Å². The molecule has 1 heterocycles. The number of thiazole rings is 1. The van der Waals surface area contributed by atoms with Crippen molar-refractivity contribution in [3.05, 3.63) is 40.9 Å². The molecular formula is C15H15N3O5S. The molecule has 0 bridgehead atoms. The molecule has 0 radical (unpaired) electrons. The Morgan fingerprint density at radius 3 is 2.54 bits per heavy atom. The lowest BCUT2D eigenvalue weighted by molar-refractivity contribution is -0.137. The topological polar surface area (TPSA) is 109 Å². The molecule has 126 valence electrons. The number of nitrogens with zero attached hydrogens (tertiary/aromatic N) is 2. The maximum Gasteiger partial charge on any atom is 0.323 e. The molecule has 9 heteroatoms. The van der Waals surface area contributed by atoms with Gasteiger partial charge in [-0.1, -0.05) is 0 Å². The molecule has 0 aliphatic heterocycles. The summed E-state index contributed by atoms with van der Waals surface area (Å²) >= 11 is 1.08. The third-order valence-electron chi connectivity index (χ3n) is 3.02. The quantitative estimate of drug-likeness (QED) is 0.819. The number of amides is 2. The molecule has 0 atom stereocenters. The summed E-state index contributed by atoms with van der Waals surface area (Å²) in [6, 6.07) is 6.53. The summed E-state index contributed by atoms with van der Waals surface area (Å²) < 4.78 is 5.02. The van der Waals surface area contributed by atoms with Crippen LogP contribution in [0.2, 0.25) is 0 Å². The Morgan fingerprint density at radius 2 is 1.96 bits per heavy atom. The van der Waals surface area contributed by atoms with Crippen LogP contribution in [0.5, 0.6) is 5.75 Å². The van der Waals surface area contributed by atoms with E-state index in [9.17, 15) is 14.4 Å². The van der Waals surface area contributed by atoms with Gasteiger partial charge in [0, 0.05) is 18.0 Å². The Labute approximate surface area is 141 Å². The minimum atomic E-state index is -1.12. The molecule has 2 aromatic rings. The fourth-order valence-corrected chi connectivity index (χ4v) is 2.49. The van der Waals surface area contributed by atoms with Crippen molar-refractivity contribution in [3.63, 3.8) is 0 Å². The maximum absolute atomic E-state index is 12.1. The monoisotopic (exact) mass is 349 g/mol. The van der Waals surface area contributed by atoms with Crippen LogP contribution in [0, 0.1) is 0 Å². The van der Waals surface area contributed by atoms with E-state index < -0.39 is 18.4 Å². The van der Waals surface area contributed by atoms with Crippen molar-refractivity contribution in [2.75, 3.05) is 26.0 Å². The van der Waals surface area contributed by atoms with Crippen LogP contribution in [0.4, 0.5) is 5.13 Å². The number of methoxy groups -OCH3 is 1. The molecule has 0 spiro atoms. The van der Waals surface area contributed by atoms with E-state index in [1.54, 1.807) is 24.3 Å². The summed E-state index contributed by atoms with van der Waals surface area (Å²) in [6.07, 6.45) is 0. The fraction of sp³-hybridized carbons (Fsp3) is 0.200. The van der Waals surface area contributed by atoms with Gasteiger partial charge in [0.1, 0.15) is 18.0 Å². The van der Waals surface area contributed by atoms with E-state index in [2.05, 4.69) is 10.3 Å². The molecule has 2 amide bonds. The standard InChI is InChI=1S/C15H15N3O5S/c1-18(7-12(19)20)14(22)11-8-24-15(16-11)17-13(21)9-3-5-10(23-2)6-4-9/h3-6,8H,7H2,1-2H3,(H,19,20)(H,16,17,21). The van der Waals surface area contributed by atoms with Crippen molar-refractivity contribution in [2.45, 2.75) is 0 Å². The zero-order chi connectivity index (χ0) is 17.7. The normalized spacial score (nSPS) is 10.1. The number of aromatic nitrogens is 1. The lowest BCUT2D eigenvalue weighted by Crippen LogP contribution is -2.32. The Balaban J connectivity index is 2.03. The fourth-order valence-electron chi connectivity index (χ4n) is 1.81. The molecule has 0 fully saturated rings. The van der Waals surface area contributed by atoms with Crippen LogP contribution in [-0.4, -0.2) is 53.5 Å². The molecule has 1 aromatic heterocycles. The second-order valence-corrected chi connectivity index (χ2v) is 5.63. The highest BCUT2D eigenvalue weighted by Gasteiger charge is 2.18. The summed E-state index contributed by atoms with van der Waals surface area (Å²) in [4.78, 5) is 39.8. The van der Waals surface area contributed by atoms with Crippen molar-refractivity contribution in [2.24, 2.45) is 0 Å². The van der Waals surface area contributed by atoms with Crippen LogP contribution in [0.25, 0.3) is 0 Å². The van der Waals surface area contributed by atoms with Gasteiger partial charge in [-0.25, -0.2) is 4.98 Å². The number of carboxylic acids is 1. The van der Waals surface area contributed by atoms with Gasteiger partial charge in [0.2, 0.25) is 0 Å². The largest absolute Gasteiger partial charge is 0.497 e. The van der Waals surface area contributed by atoms with Crippen LogP contribution in [0.15, 0.2) is 29.6 Å². The summed E-state index contributed by atoms with van der Waals surface area (Å²) in [7, 11) is 2.90. The van der Waals surface area contributed by atoms with Gasteiger partial charge in [0.05, 0.1) is 7.11 Å². The predicted molar refractivity (Wildman–Crippen MR) is 87.7 cm³/mol. The van der Waals surface area contributed by atoms with Gasteiger partial charge in [-0.15, -0.1) is 11.3 Å². The zero-order valence-corrected chi connectivity index (χ0v) is 13.8. The van der Waals surface area contributed by atoms with Crippen molar-refractivity contribution in [3.8, 4) is 5.75 Å².